The van der Waals surface area contributed by atoms with E-state index < -0.39 is 78.4 Å². The van der Waals surface area contributed by atoms with Gasteiger partial charge in [-0.3, -0.25) is 10.1 Å². The lowest BCUT2D eigenvalue weighted by Crippen LogP contribution is -2.58. The fraction of sp³-hybridized carbons (Fsp3) is 0.667. The van der Waals surface area contributed by atoms with Gasteiger partial charge in [0.1, 0.15) is 35.9 Å². The number of carbonyl (C=O) groups excluding carboxylic acids is 2. The number of esters is 1. The lowest BCUT2D eigenvalue weighted by molar-refractivity contribution is -0.340. The average Bonchev–Trinajstić information content (AvgIpc) is 3.58. The van der Waals surface area contributed by atoms with Gasteiger partial charge in [-0.1, -0.05) is 76.1 Å². The summed E-state index contributed by atoms with van der Waals surface area (Å²) in [6, 6.07) is 6.73. The smallest absolute Gasteiger partial charge is 0.412 e. The Morgan fingerprint density at radius 3 is 2.56 bits per heavy atom. The maximum atomic E-state index is 14.3. The molecule has 4 fully saturated rings. The molecule has 7 rings (SSSR count). The Morgan fingerprint density at radius 1 is 1.08 bits per heavy atom. The monoisotopic (exact) mass is 883 g/mol. The van der Waals surface area contributed by atoms with Crippen molar-refractivity contribution in [3.8, 4) is 0 Å². The molecular formula is C48H66ClNO12. The van der Waals surface area contributed by atoms with Gasteiger partial charge >= 0.3 is 12.1 Å². The van der Waals surface area contributed by atoms with Gasteiger partial charge in [-0.2, -0.15) is 0 Å². The highest BCUT2D eigenvalue weighted by molar-refractivity contribution is 6.30. The molecule has 62 heavy (non-hydrogen) atoms. The molecule has 6 aliphatic rings. The van der Waals surface area contributed by atoms with E-state index in [0.29, 0.717) is 65.8 Å². The Bertz CT molecular complexity index is 1880. The highest BCUT2D eigenvalue weighted by atomic mass is 35.5. The predicted molar refractivity (Wildman–Crippen MR) is 232 cm³/mol. The summed E-state index contributed by atoms with van der Waals surface area (Å²) < 4.78 is 51.3. The van der Waals surface area contributed by atoms with Crippen LogP contribution in [0, 0.1) is 23.7 Å². The van der Waals surface area contributed by atoms with E-state index in [1.165, 1.54) is 0 Å². The number of rotatable bonds is 7. The van der Waals surface area contributed by atoms with Crippen molar-refractivity contribution in [2.24, 2.45) is 23.7 Å². The number of anilines is 1. The molecule has 1 spiro atoms. The zero-order valence-corrected chi connectivity index (χ0v) is 38.0. The van der Waals surface area contributed by atoms with Gasteiger partial charge in [0.2, 0.25) is 0 Å². The molecule has 1 amide bonds. The molecule has 0 radical (unpaired) electrons. The van der Waals surface area contributed by atoms with Crippen LogP contribution in [0.25, 0.3) is 0 Å². The van der Waals surface area contributed by atoms with Crippen molar-refractivity contribution < 1.29 is 57.7 Å². The minimum absolute atomic E-state index is 0.0173. The largest absolute Gasteiger partial charge is 0.462 e. The number of benzene rings is 1. The van der Waals surface area contributed by atoms with Crippen LogP contribution in [0.2, 0.25) is 5.02 Å². The number of amides is 1. The first-order valence-corrected chi connectivity index (χ1v) is 22.8. The standard InChI is InChI=1S/C48H66ClNO12/c1-9-26(2)42-29(5)19-20-47(62-42)24-36-22-35(61-47)18-13-28(4)41(27(3)11-10-12-32-25-56-44-40(51)30(6)21-37(45(52)58-36)48(32,44)54)59-39-23-38(55-8)43(31(7)57-39)60-46(53)50-34-16-14-33(49)15-17-34/h10-17,21,26-27,29,31,35-44,51,54H,9,18-20,22-25H2,1-8H3,(H,50,53)/b11-10+,28-13+,32-12+/t26?,27-,29-,31-,35+,36-,37-,38-,39-,40+,41-,42+,43-,44+,47+,48+/m0/s1. The number of halogens is 1. The van der Waals surface area contributed by atoms with Gasteiger partial charge in [0.05, 0.1) is 31.0 Å². The number of ether oxygens (including phenoxy) is 8. The van der Waals surface area contributed by atoms with Crippen molar-refractivity contribution in [3.05, 3.63) is 76.4 Å². The minimum Gasteiger partial charge on any atom is -0.462 e. The molecule has 0 saturated carbocycles. The van der Waals surface area contributed by atoms with Gasteiger partial charge in [0, 0.05) is 49.4 Å². The van der Waals surface area contributed by atoms with E-state index in [-0.39, 0.29) is 24.7 Å². The normalized spacial score (nSPS) is 42.9. The Labute approximate surface area is 371 Å². The number of methoxy groups -OCH3 is 1. The lowest BCUT2D eigenvalue weighted by atomic mass is 9.71. The summed E-state index contributed by atoms with van der Waals surface area (Å²) in [4.78, 5) is 27.3. The zero-order chi connectivity index (χ0) is 44.5. The summed E-state index contributed by atoms with van der Waals surface area (Å²) in [6.45, 7) is 14.3. The molecule has 13 nitrogen and oxygen atoms in total. The first kappa shape index (κ1) is 46.9. The molecule has 1 aromatic rings. The van der Waals surface area contributed by atoms with Crippen molar-refractivity contribution in [3.63, 3.8) is 0 Å². The fourth-order valence-electron chi connectivity index (χ4n) is 10.2. The van der Waals surface area contributed by atoms with Gasteiger partial charge in [0.15, 0.2) is 18.2 Å². The van der Waals surface area contributed by atoms with Crippen molar-refractivity contribution in [1.29, 1.82) is 0 Å². The van der Waals surface area contributed by atoms with Crippen LogP contribution in [-0.2, 0) is 42.7 Å². The van der Waals surface area contributed by atoms with Crippen LogP contribution in [-0.4, -0.2) is 109 Å². The lowest BCUT2D eigenvalue weighted by Gasteiger charge is -2.51. The molecule has 1 aromatic carbocycles. The fourth-order valence-corrected chi connectivity index (χ4v) is 10.4. The zero-order valence-electron chi connectivity index (χ0n) is 37.3. The molecular weight excluding hydrogens is 818 g/mol. The summed E-state index contributed by atoms with van der Waals surface area (Å²) in [6.07, 6.45) is 6.75. The second-order valence-electron chi connectivity index (χ2n) is 18.5. The molecule has 5 aliphatic heterocycles. The Kier molecular flexibility index (Phi) is 14.8. The van der Waals surface area contributed by atoms with Crippen molar-refractivity contribution in [1.82, 2.24) is 0 Å². The number of aliphatic hydroxyl groups excluding tert-OH is 1. The summed E-state index contributed by atoms with van der Waals surface area (Å²) in [5.74, 6) is -2.18. The van der Waals surface area contributed by atoms with Crippen LogP contribution in [0.15, 0.2) is 71.4 Å². The minimum atomic E-state index is -1.83. The second kappa shape index (κ2) is 19.6. The molecule has 1 unspecified atom stereocenters. The van der Waals surface area contributed by atoms with Crippen LogP contribution >= 0.6 is 11.6 Å². The van der Waals surface area contributed by atoms with E-state index >= 15 is 0 Å². The quantitative estimate of drug-likeness (QED) is 0.179. The van der Waals surface area contributed by atoms with E-state index in [1.807, 2.05) is 32.9 Å². The van der Waals surface area contributed by atoms with Gasteiger partial charge in [-0.15, -0.1) is 0 Å². The maximum Gasteiger partial charge on any atom is 0.412 e. The number of hydrogen-bond donors (Lipinski definition) is 3. The first-order valence-electron chi connectivity index (χ1n) is 22.4. The summed E-state index contributed by atoms with van der Waals surface area (Å²) in [7, 11) is 1.57. The van der Waals surface area contributed by atoms with Crippen molar-refractivity contribution in [2.75, 3.05) is 19.0 Å². The van der Waals surface area contributed by atoms with Crippen molar-refractivity contribution in [2.45, 2.75) is 166 Å². The topological polar surface area (TPSA) is 160 Å². The SMILES string of the molecule is CCC(C)[C@H]1O[C@]2(CC[C@@H]1C)C[C@@H]1C[C@@H](C/C=C(\C)[C@@H](O[C@H]3C[C@H](OC)[C@@H](OC(=O)Nc4ccc(Cl)cc4)[C@H](C)O3)[C@@H](C)/C=C/C=C3\CO[C@@H]4[C@H](O)C(C)=C[C@@H](C(=O)O1)[C@]34O)O2. The number of allylic oxidation sites excluding steroid dienone is 2. The Morgan fingerprint density at radius 2 is 1.84 bits per heavy atom. The van der Waals surface area contributed by atoms with Crippen LogP contribution in [0.4, 0.5) is 10.5 Å². The van der Waals surface area contributed by atoms with Crippen LogP contribution in [0.3, 0.4) is 0 Å². The summed E-state index contributed by atoms with van der Waals surface area (Å²) in [5, 5.41) is 27.0. The number of hydrogen-bond acceptors (Lipinski definition) is 12. The first-order chi connectivity index (χ1) is 29.5. The third-order valence-corrected chi connectivity index (χ3v) is 14.3. The van der Waals surface area contributed by atoms with Gasteiger partial charge in [-0.05, 0) is 86.4 Å². The van der Waals surface area contributed by atoms with E-state index in [9.17, 15) is 19.8 Å². The van der Waals surface area contributed by atoms with Gasteiger partial charge in [-0.25, -0.2) is 4.79 Å². The molecule has 342 valence electrons. The van der Waals surface area contributed by atoms with E-state index in [1.54, 1.807) is 50.5 Å². The second-order valence-corrected chi connectivity index (χ2v) is 18.9. The third-order valence-electron chi connectivity index (χ3n) is 14.0. The van der Waals surface area contributed by atoms with Crippen LogP contribution in [0.1, 0.15) is 93.4 Å². The number of aliphatic hydroxyl groups is 2. The van der Waals surface area contributed by atoms with Gasteiger partial charge < -0.3 is 48.1 Å². The molecule has 2 bridgehead atoms. The van der Waals surface area contributed by atoms with E-state index in [4.69, 9.17) is 49.5 Å². The summed E-state index contributed by atoms with van der Waals surface area (Å²) >= 11 is 6.01. The van der Waals surface area contributed by atoms with E-state index in [0.717, 1.165) is 18.4 Å². The van der Waals surface area contributed by atoms with E-state index in [2.05, 4.69) is 32.2 Å². The highest BCUT2D eigenvalue weighted by Crippen LogP contribution is 2.48. The molecule has 0 aromatic heterocycles. The highest BCUT2D eigenvalue weighted by Gasteiger charge is 2.60. The number of fused-ring (bicyclic) bond motifs is 2. The maximum absolute atomic E-state index is 14.3. The Balaban J connectivity index is 1.17. The molecule has 4 saturated heterocycles. The van der Waals surface area contributed by atoms with Crippen molar-refractivity contribution >= 4 is 29.4 Å². The molecule has 1 aliphatic carbocycles. The van der Waals surface area contributed by atoms with Crippen LogP contribution in [0.5, 0.6) is 0 Å². The molecule has 16 atom stereocenters. The van der Waals surface area contributed by atoms with Gasteiger partial charge in [0.25, 0.3) is 0 Å². The number of nitrogens with one attached hydrogen (secondary N) is 1. The average molecular weight is 885 g/mol. The third kappa shape index (κ3) is 9.91. The predicted octanol–water partition coefficient (Wildman–Crippen LogP) is 7.98. The molecule has 14 heteroatoms. The van der Waals surface area contributed by atoms with Crippen LogP contribution < -0.4 is 5.32 Å². The number of carbonyl (C=O) groups is 2. The molecule has 5 heterocycles. The summed E-state index contributed by atoms with van der Waals surface area (Å²) in [5.41, 5.74) is 0.655. The molecule has 3 N–H and O–H groups in total. The Hall–Kier alpha value is -3.11.